The quantitative estimate of drug-likeness (QED) is 0.526. The fraction of sp³-hybridized carbons (Fsp3) is 0.167. The summed E-state index contributed by atoms with van der Waals surface area (Å²) in [7, 11) is 0. The van der Waals surface area contributed by atoms with Crippen LogP contribution in [-0.4, -0.2) is 11.8 Å². The van der Waals surface area contributed by atoms with Crippen molar-refractivity contribution in [3.8, 4) is 0 Å². The first-order chi connectivity index (χ1) is 13.9. The lowest BCUT2D eigenvalue weighted by molar-refractivity contribution is -0.113. The summed E-state index contributed by atoms with van der Waals surface area (Å²) < 4.78 is 0. The number of hydrogen-bond donors (Lipinski definition) is 2. The monoisotopic (exact) mass is 404 g/mol. The van der Waals surface area contributed by atoms with E-state index in [4.69, 9.17) is 0 Å². The Morgan fingerprint density at radius 3 is 2.34 bits per heavy atom. The molecule has 0 aliphatic heterocycles. The zero-order valence-electron chi connectivity index (χ0n) is 16.7. The van der Waals surface area contributed by atoms with E-state index >= 15 is 0 Å². The molecule has 1 aromatic heterocycles. The van der Waals surface area contributed by atoms with Crippen molar-refractivity contribution in [3.05, 3.63) is 93.3 Å². The van der Waals surface area contributed by atoms with E-state index in [1.807, 2.05) is 60.8 Å². The maximum atomic E-state index is 13.0. The van der Waals surface area contributed by atoms with E-state index in [0.717, 1.165) is 21.7 Å². The molecule has 0 unspecified atom stereocenters. The maximum absolute atomic E-state index is 13.0. The molecule has 3 aromatic rings. The topological polar surface area (TPSA) is 58.2 Å². The van der Waals surface area contributed by atoms with E-state index in [1.165, 1.54) is 11.3 Å². The summed E-state index contributed by atoms with van der Waals surface area (Å²) in [5.74, 6) is -0.412. The van der Waals surface area contributed by atoms with Gasteiger partial charge >= 0.3 is 0 Å². The van der Waals surface area contributed by atoms with Gasteiger partial charge in [-0.2, -0.15) is 0 Å². The van der Waals surface area contributed by atoms with Gasteiger partial charge in [0.05, 0.1) is 0 Å². The van der Waals surface area contributed by atoms with Crippen molar-refractivity contribution >= 4 is 34.9 Å². The molecule has 148 valence electrons. The molecule has 5 heteroatoms. The molecule has 0 saturated heterocycles. The van der Waals surface area contributed by atoms with E-state index < -0.39 is 0 Å². The highest BCUT2D eigenvalue weighted by Crippen LogP contribution is 2.24. The number of hydrogen-bond acceptors (Lipinski definition) is 3. The van der Waals surface area contributed by atoms with Gasteiger partial charge in [0.15, 0.2) is 0 Å². The summed E-state index contributed by atoms with van der Waals surface area (Å²) in [6.07, 6.45) is 1.70. The molecule has 29 heavy (non-hydrogen) atoms. The number of amides is 2. The van der Waals surface area contributed by atoms with Gasteiger partial charge in [-0.05, 0) is 54.1 Å². The number of thiophene rings is 1. The molecular formula is C24H24N2O2S. The number of anilines is 1. The first-order valence-corrected chi connectivity index (χ1v) is 10.4. The normalized spacial score (nSPS) is 11.4. The van der Waals surface area contributed by atoms with Gasteiger partial charge in [0.2, 0.25) is 0 Å². The number of para-hydroxylation sites is 1. The second-order valence-corrected chi connectivity index (χ2v) is 8.07. The molecular weight excluding hydrogens is 380 g/mol. The molecule has 0 bridgehead atoms. The van der Waals surface area contributed by atoms with Crippen molar-refractivity contribution in [3.63, 3.8) is 0 Å². The summed E-state index contributed by atoms with van der Waals surface area (Å²) >= 11 is 1.50. The Bertz CT molecular complexity index is 1020. The lowest BCUT2D eigenvalue weighted by Crippen LogP contribution is -2.31. The van der Waals surface area contributed by atoms with Gasteiger partial charge in [-0.15, -0.1) is 11.3 Å². The number of carbonyl (C=O) groups excluding carboxylic acids is 2. The Balaban J connectivity index is 1.87. The van der Waals surface area contributed by atoms with Crippen LogP contribution in [0.4, 0.5) is 5.69 Å². The lowest BCUT2D eigenvalue weighted by Gasteiger charge is -2.15. The average Bonchev–Trinajstić information content (AvgIpc) is 3.21. The minimum absolute atomic E-state index is 0.205. The smallest absolute Gasteiger partial charge is 0.272 e. The molecule has 2 aromatic carbocycles. The van der Waals surface area contributed by atoms with E-state index in [9.17, 15) is 9.59 Å². The summed E-state index contributed by atoms with van der Waals surface area (Å²) in [5, 5.41) is 7.66. The zero-order chi connectivity index (χ0) is 20.8. The Hall–Kier alpha value is -3.18. The minimum atomic E-state index is -0.355. The third kappa shape index (κ3) is 5.42. The number of rotatable bonds is 6. The predicted octanol–water partition coefficient (Wildman–Crippen LogP) is 5.59. The third-order valence-electron chi connectivity index (χ3n) is 4.47. The molecule has 3 rings (SSSR count). The molecule has 4 nitrogen and oxygen atoms in total. The predicted molar refractivity (Wildman–Crippen MR) is 120 cm³/mol. The van der Waals surface area contributed by atoms with Crippen LogP contribution in [0.1, 0.15) is 46.1 Å². The second-order valence-electron chi connectivity index (χ2n) is 7.09. The molecule has 1 heterocycles. The van der Waals surface area contributed by atoms with Crippen LogP contribution in [0.2, 0.25) is 0 Å². The van der Waals surface area contributed by atoms with Gasteiger partial charge in [-0.1, -0.05) is 55.8 Å². The third-order valence-corrected chi connectivity index (χ3v) is 5.29. The highest BCUT2D eigenvalue weighted by atomic mass is 32.1. The molecule has 0 saturated carbocycles. The highest BCUT2D eigenvalue weighted by Gasteiger charge is 2.17. The second kappa shape index (κ2) is 9.34. The molecule has 0 radical (unpaired) electrons. The van der Waals surface area contributed by atoms with Crippen LogP contribution in [-0.2, 0) is 4.79 Å². The van der Waals surface area contributed by atoms with Crippen molar-refractivity contribution in [2.24, 2.45) is 0 Å². The van der Waals surface area contributed by atoms with Crippen LogP contribution in [0.15, 0.2) is 71.7 Å². The Morgan fingerprint density at radius 1 is 0.966 bits per heavy atom. The van der Waals surface area contributed by atoms with Gasteiger partial charge in [0, 0.05) is 16.1 Å². The first kappa shape index (κ1) is 20.6. The standard InChI is InChI=1S/C24H24N2O2S/c1-16(2)20-8-4-5-9-21(20)25-24(28)22(15-19-7-6-14-29-19)26-23(27)18-12-10-17(3)11-13-18/h4-16H,1-3H3,(H,25,28)(H,26,27)/b22-15-. The van der Waals surface area contributed by atoms with E-state index in [2.05, 4.69) is 24.5 Å². The first-order valence-electron chi connectivity index (χ1n) is 9.47. The molecule has 2 N–H and O–H groups in total. The average molecular weight is 405 g/mol. The summed E-state index contributed by atoms with van der Waals surface area (Å²) in [4.78, 5) is 26.6. The SMILES string of the molecule is Cc1ccc(C(=O)N/C(=C\c2cccs2)C(=O)Nc2ccccc2C(C)C)cc1. The van der Waals surface area contributed by atoms with Crippen molar-refractivity contribution in [1.29, 1.82) is 0 Å². The van der Waals surface area contributed by atoms with E-state index in [-0.39, 0.29) is 23.4 Å². The number of aryl methyl sites for hydroxylation is 1. The Kier molecular flexibility index (Phi) is 6.62. The van der Waals surface area contributed by atoms with Gasteiger partial charge in [0.25, 0.3) is 11.8 Å². The summed E-state index contributed by atoms with van der Waals surface area (Å²) in [5.41, 5.74) is 3.56. The molecule has 2 amide bonds. The summed E-state index contributed by atoms with van der Waals surface area (Å²) in [6, 6.07) is 18.7. The highest BCUT2D eigenvalue weighted by molar-refractivity contribution is 7.10. The van der Waals surface area contributed by atoms with Crippen molar-refractivity contribution in [2.75, 3.05) is 5.32 Å². The molecule has 0 aliphatic carbocycles. The number of benzene rings is 2. The van der Waals surface area contributed by atoms with Crippen LogP contribution >= 0.6 is 11.3 Å². The largest absolute Gasteiger partial charge is 0.320 e. The van der Waals surface area contributed by atoms with E-state index in [1.54, 1.807) is 18.2 Å². The Labute approximate surface area is 175 Å². The number of nitrogens with one attached hydrogen (secondary N) is 2. The van der Waals surface area contributed by atoms with Crippen molar-refractivity contribution < 1.29 is 9.59 Å². The number of carbonyl (C=O) groups is 2. The van der Waals surface area contributed by atoms with E-state index in [0.29, 0.717) is 5.56 Å². The van der Waals surface area contributed by atoms with Gasteiger partial charge in [-0.25, -0.2) is 0 Å². The van der Waals surface area contributed by atoms with Gasteiger partial charge < -0.3 is 10.6 Å². The van der Waals surface area contributed by atoms with Crippen LogP contribution in [0.25, 0.3) is 6.08 Å². The maximum Gasteiger partial charge on any atom is 0.272 e. The lowest BCUT2D eigenvalue weighted by atomic mass is 10.0. The molecule has 0 atom stereocenters. The zero-order valence-corrected chi connectivity index (χ0v) is 17.5. The molecule has 0 aliphatic rings. The van der Waals surface area contributed by atoms with Crippen LogP contribution in [0.3, 0.4) is 0 Å². The summed E-state index contributed by atoms with van der Waals surface area (Å²) in [6.45, 7) is 6.11. The molecule has 0 fully saturated rings. The minimum Gasteiger partial charge on any atom is -0.320 e. The van der Waals surface area contributed by atoms with Crippen LogP contribution in [0, 0.1) is 6.92 Å². The van der Waals surface area contributed by atoms with Crippen LogP contribution in [0.5, 0.6) is 0 Å². The fourth-order valence-electron chi connectivity index (χ4n) is 2.88. The Morgan fingerprint density at radius 2 is 1.69 bits per heavy atom. The molecule has 0 spiro atoms. The van der Waals surface area contributed by atoms with Crippen molar-refractivity contribution in [2.45, 2.75) is 26.7 Å². The fourth-order valence-corrected chi connectivity index (χ4v) is 3.53. The van der Waals surface area contributed by atoms with Gasteiger partial charge in [-0.3, -0.25) is 9.59 Å². The van der Waals surface area contributed by atoms with Crippen LogP contribution < -0.4 is 10.6 Å². The van der Waals surface area contributed by atoms with Gasteiger partial charge in [0.1, 0.15) is 5.70 Å². The van der Waals surface area contributed by atoms with Crippen molar-refractivity contribution in [1.82, 2.24) is 5.32 Å².